The Morgan fingerprint density at radius 2 is 2.11 bits per heavy atom. The second-order valence-electron chi connectivity index (χ2n) is 2.01. The zero-order valence-corrected chi connectivity index (χ0v) is 6.01. The first-order chi connectivity index (χ1) is 4.13. The summed E-state index contributed by atoms with van der Waals surface area (Å²) in [7, 11) is 3.75. The molecule has 0 aliphatic carbocycles. The molecule has 0 aromatic carbocycles. The zero-order chi connectivity index (χ0) is 7.28. The summed E-state index contributed by atoms with van der Waals surface area (Å²) in [6, 6.07) is 0. The van der Waals surface area contributed by atoms with E-state index < -0.39 is 0 Å². The SMILES string of the molecule is CC(=O)C=C=CN(C)C. The lowest BCUT2D eigenvalue weighted by molar-refractivity contribution is -0.112. The Balaban J connectivity index is 3.82. The average molecular weight is 125 g/mol. The highest BCUT2D eigenvalue weighted by molar-refractivity contribution is 5.86. The Labute approximate surface area is 55.5 Å². The smallest absolute Gasteiger partial charge is 0.160 e. The van der Waals surface area contributed by atoms with Crippen molar-refractivity contribution in [2.75, 3.05) is 14.1 Å². The van der Waals surface area contributed by atoms with Crippen LogP contribution in [0.15, 0.2) is 18.0 Å². The summed E-state index contributed by atoms with van der Waals surface area (Å²) in [5.41, 5.74) is 2.71. The summed E-state index contributed by atoms with van der Waals surface area (Å²) in [6.45, 7) is 1.50. The molecule has 0 radical (unpaired) electrons. The first kappa shape index (κ1) is 7.99. The zero-order valence-electron chi connectivity index (χ0n) is 6.01. The van der Waals surface area contributed by atoms with Crippen LogP contribution in [0, 0.1) is 0 Å². The molecule has 0 atom stereocenters. The molecule has 50 valence electrons. The number of hydrogen-bond donors (Lipinski definition) is 0. The van der Waals surface area contributed by atoms with E-state index in [2.05, 4.69) is 5.73 Å². The molecule has 0 N–H and O–H groups in total. The van der Waals surface area contributed by atoms with Gasteiger partial charge in [0.2, 0.25) is 0 Å². The van der Waals surface area contributed by atoms with Crippen molar-refractivity contribution in [1.29, 1.82) is 0 Å². The number of allylic oxidation sites excluding steroid dienone is 1. The molecule has 0 spiro atoms. The number of rotatable bonds is 2. The Bertz CT molecular complexity index is 152. The molecule has 2 nitrogen and oxygen atoms in total. The highest BCUT2D eigenvalue weighted by Crippen LogP contribution is 1.74. The average Bonchev–Trinajstić information content (AvgIpc) is 1.63. The quantitative estimate of drug-likeness (QED) is 0.402. The molecule has 0 aliphatic rings. The minimum absolute atomic E-state index is 0.0214. The van der Waals surface area contributed by atoms with E-state index in [1.54, 1.807) is 6.20 Å². The maximum absolute atomic E-state index is 10.3. The van der Waals surface area contributed by atoms with Crippen molar-refractivity contribution in [3.05, 3.63) is 18.0 Å². The van der Waals surface area contributed by atoms with Crippen LogP contribution in [0.4, 0.5) is 0 Å². The van der Waals surface area contributed by atoms with Crippen molar-refractivity contribution in [2.45, 2.75) is 6.92 Å². The Kier molecular flexibility index (Phi) is 3.49. The van der Waals surface area contributed by atoms with Gasteiger partial charge in [-0.2, -0.15) is 0 Å². The van der Waals surface area contributed by atoms with Crippen LogP contribution in [-0.2, 0) is 4.79 Å². The van der Waals surface area contributed by atoms with Crippen molar-refractivity contribution >= 4 is 5.78 Å². The molecule has 0 heterocycles. The summed E-state index contributed by atoms with van der Waals surface area (Å²) >= 11 is 0. The number of hydrogen-bond acceptors (Lipinski definition) is 2. The lowest BCUT2D eigenvalue weighted by Crippen LogP contribution is -1.98. The van der Waals surface area contributed by atoms with Crippen LogP contribution in [0.1, 0.15) is 6.92 Å². The fraction of sp³-hybridized carbons (Fsp3) is 0.429. The minimum atomic E-state index is 0.0214. The Hall–Kier alpha value is -1.01. The summed E-state index contributed by atoms with van der Waals surface area (Å²) in [5.74, 6) is 0.0214. The standard InChI is InChI=1S/C7H11NO/c1-7(9)5-4-6-8(2)3/h5-6H,1-3H3. The Morgan fingerprint density at radius 1 is 1.56 bits per heavy atom. The molecule has 0 aromatic rings. The number of carbonyl (C=O) groups excluding carboxylic acids is 1. The molecule has 0 bridgehead atoms. The molecule has 0 aliphatic heterocycles. The van der Waals surface area contributed by atoms with Crippen molar-refractivity contribution in [2.24, 2.45) is 0 Å². The van der Waals surface area contributed by atoms with Crippen LogP contribution in [0.25, 0.3) is 0 Å². The topological polar surface area (TPSA) is 20.3 Å². The Morgan fingerprint density at radius 3 is 2.44 bits per heavy atom. The van der Waals surface area contributed by atoms with E-state index in [1.807, 2.05) is 19.0 Å². The minimum Gasteiger partial charge on any atom is -0.377 e. The lowest BCUT2D eigenvalue weighted by Gasteiger charge is -1.98. The molecule has 0 saturated carbocycles. The fourth-order valence-corrected chi connectivity index (χ4v) is 0.304. The van der Waals surface area contributed by atoms with Crippen LogP contribution >= 0.6 is 0 Å². The van der Waals surface area contributed by atoms with Gasteiger partial charge >= 0.3 is 0 Å². The number of nitrogens with zero attached hydrogens (tertiary/aromatic N) is 1. The molecule has 0 saturated heterocycles. The van der Waals surface area contributed by atoms with Crippen LogP contribution in [0.5, 0.6) is 0 Å². The van der Waals surface area contributed by atoms with Gasteiger partial charge in [0.15, 0.2) is 5.78 Å². The largest absolute Gasteiger partial charge is 0.377 e. The predicted molar refractivity (Wildman–Crippen MR) is 37.0 cm³/mol. The van der Waals surface area contributed by atoms with Crippen molar-refractivity contribution < 1.29 is 4.79 Å². The number of carbonyl (C=O) groups is 1. The second kappa shape index (κ2) is 3.93. The maximum atomic E-state index is 10.3. The summed E-state index contributed by atoms with van der Waals surface area (Å²) < 4.78 is 0. The van der Waals surface area contributed by atoms with E-state index in [4.69, 9.17) is 0 Å². The second-order valence-corrected chi connectivity index (χ2v) is 2.01. The fourth-order valence-electron chi connectivity index (χ4n) is 0.304. The molecular formula is C7H11NO. The predicted octanol–water partition coefficient (Wildman–Crippen LogP) is 0.806. The third-order valence-electron chi connectivity index (χ3n) is 0.619. The lowest BCUT2D eigenvalue weighted by atomic mass is 10.4. The maximum Gasteiger partial charge on any atom is 0.160 e. The summed E-state index contributed by atoms with van der Waals surface area (Å²) in [5, 5.41) is 0. The van der Waals surface area contributed by atoms with Crippen molar-refractivity contribution in [3.63, 3.8) is 0 Å². The van der Waals surface area contributed by atoms with Crippen LogP contribution in [-0.4, -0.2) is 24.8 Å². The van der Waals surface area contributed by atoms with Gasteiger partial charge in [0, 0.05) is 26.4 Å². The molecule has 0 unspecified atom stereocenters. The van der Waals surface area contributed by atoms with Gasteiger partial charge in [0.05, 0.1) is 0 Å². The van der Waals surface area contributed by atoms with Gasteiger partial charge < -0.3 is 4.90 Å². The van der Waals surface area contributed by atoms with Crippen molar-refractivity contribution in [3.8, 4) is 0 Å². The van der Waals surface area contributed by atoms with E-state index >= 15 is 0 Å². The van der Waals surface area contributed by atoms with Gasteiger partial charge in [-0.05, 0) is 6.92 Å². The van der Waals surface area contributed by atoms with Gasteiger partial charge in [-0.25, -0.2) is 0 Å². The molecule has 9 heavy (non-hydrogen) atoms. The summed E-state index contributed by atoms with van der Waals surface area (Å²) in [6.07, 6.45) is 3.10. The molecule has 0 rings (SSSR count). The first-order valence-corrected chi connectivity index (χ1v) is 2.72. The van der Waals surface area contributed by atoms with Gasteiger partial charge in [-0.15, -0.1) is 0 Å². The van der Waals surface area contributed by atoms with E-state index in [0.29, 0.717) is 0 Å². The highest BCUT2D eigenvalue weighted by atomic mass is 16.1. The van der Waals surface area contributed by atoms with E-state index in [9.17, 15) is 4.79 Å². The third-order valence-corrected chi connectivity index (χ3v) is 0.619. The first-order valence-electron chi connectivity index (χ1n) is 2.72. The third kappa shape index (κ3) is 6.99. The van der Waals surface area contributed by atoms with E-state index in [1.165, 1.54) is 13.0 Å². The van der Waals surface area contributed by atoms with Crippen molar-refractivity contribution in [1.82, 2.24) is 4.90 Å². The summed E-state index contributed by atoms with van der Waals surface area (Å²) in [4.78, 5) is 12.1. The van der Waals surface area contributed by atoms with Gasteiger partial charge in [-0.3, -0.25) is 4.79 Å². The van der Waals surface area contributed by atoms with Crippen LogP contribution in [0.2, 0.25) is 0 Å². The molecule has 0 fully saturated rings. The molecular weight excluding hydrogens is 114 g/mol. The van der Waals surface area contributed by atoms with E-state index in [0.717, 1.165) is 0 Å². The van der Waals surface area contributed by atoms with Gasteiger partial charge in [0.25, 0.3) is 0 Å². The highest BCUT2D eigenvalue weighted by Gasteiger charge is 1.76. The van der Waals surface area contributed by atoms with E-state index in [-0.39, 0.29) is 5.78 Å². The van der Waals surface area contributed by atoms with Crippen LogP contribution < -0.4 is 0 Å². The molecule has 0 aromatic heterocycles. The van der Waals surface area contributed by atoms with Gasteiger partial charge in [0.1, 0.15) is 0 Å². The normalized spacial score (nSPS) is 7.44. The number of ketones is 1. The molecule has 2 heteroatoms. The molecule has 0 amide bonds. The van der Waals surface area contributed by atoms with Crippen LogP contribution in [0.3, 0.4) is 0 Å². The van der Waals surface area contributed by atoms with Gasteiger partial charge in [-0.1, -0.05) is 5.73 Å². The monoisotopic (exact) mass is 125 g/mol.